The van der Waals surface area contributed by atoms with E-state index in [0.29, 0.717) is 24.3 Å². The maximum atomic E-state index is 13.9. The van der Waals surface area contributed by atoms with Crippen LogP contribution in [-0.2, 0) is 14.8 Å². The molecule has 1 aliphatic rings. The van der Waals surface area contributed by atoms with Gasteiger partial charge >= 0.3 is 0 Å². The minimum atomic E-state index is -3.69. The molecule has 3 rings (SSSR count). The molecule has 0 saturated carbocycles. The van der Waals surface area contributed by atoms with Crippen molar-refractivity contribution in [3.8, 4) is 0 Å². The molecule has 1 fully saturated rings. The maximum Gasteiger partial charge on any atom is 0.248 e. The maximum absolute atomic E-state index is 13.9. The number of nitrogens with one attached hydrogen (secondary N) is 1. The van der Waals surface area contributed by atoms with E-state index in [2.05, 4.69) is 22.0 Å². The van der Waals surface area contributed by atoms with Gasteiger partial charge in [0.2, 0.25) is 15.9 Å². The summed E-state index contributed by atoms with van der Waals surface area (Å²) in [5, 5.41) is 2.82. The summed E-state index contributed by atoms with van der Waals surface area (Å²) in [5.74, 6) is -0.887. The molecule has 0 radical (unpaired) electrons. The van der Waals surface area contributed by atoms with Gasteiger partial charge in [-0.15, -0.1) is 0 Å². The lowest BCUT2D eigenvalue weighted by Gasteiger charge is -2.36. The van der Waals surface area contributed by atoms with Crippen LogP contribution < -0.4 is 10.2 Å². The molecule has 0 aromatic heterocycles. The smallest absolute Gasteiger partial charge is 0.248 e. The number of hydrogen-bond acceptors (Lipinski definition) is 5. The lowest BCUT2D eigenvalue weighted by molar-refractivity contribution is -0.111. The van der Waals surface area contributed by atoms with Gasteiger partial charge in [-0.3, -0.25) is 4.79 Å². The molecule has 1 N–H and O–H groups in total. The average Bonchev–Trinajstić information content (AvgIpc) is 2.84. The Hall–Kier alpha value is -2.75. The van der Waals surface area contributed by atoms with E-state index in [-0.39, 0.29) is 4.90 Å². The van der Waals surface area contributed by atoms with Crippen LogP contribution in [-0.4, -0.2) is 69.3 Å². The number of benzene rings is 2. The Morgan fingerprint density at radius 1 is 1.06 bits per heavy atom. The van der Waals surface area contributed by atoms with Crippen LogP contribution in [0.25, 0.3) is 6.08 Å². The molecule has 9 heteroatoms. The predicted molar refractivity (Wildman–Crippen MR) is 135 cm³/mol. The largest absolute Gasteiger partial charge is 0.367 e. The van der Waals surface area contributed by atoms with E-state index in [9.17, 15) is 17.6 Å². The van der Waals surface area contributed by atoms with Crippen LogP contribution in [0.15, 0.2) is 53.4 Å². The van der Waals surface area contributed by atoms with Crippen LogP contribution in [0.4, 0.5) is 15.8 Å². The standard InChI is InChI=1S/C25H33FN4O3S/c1-4-28-15-17-29(18-16-28)24-13-12-21(34(32,33)30(5-2)6-3)19-23(24)27-25(31)14-11-20-9-7-8-10-22(20)26/h7-14,19H,4-6,15-18H2,1-3H3,(H,27,31)/b14-11+. The first kappa shape index (κ1) is 25.9. The van der Waals surface area contributed by atoms with Crippen molar-refractivity contribution in [3.05, 3.63) is 59.9 Å². The predicted octanol–water partition coefficient (Wildman–Crippen LogP) is 3.65. The van der Waals surface area contributed by atoms with Gasteiger partial charge < -0.3 is 15.1 Å². The van der Waals surface area contributed by atoms with E-state index in [1.807, 2.05) is 0 Å². The number of sulfonamides is 1. The zero-order valence-corrected chi connectivity index (χ0v) is 20.8. The molecular weight excluding hydrogens is 455 g/mol. The van der Waals surface area contributed by atoms with Crippen molar-refractivity contribution < 1.29 is 17.6 Å². The third-order valence-corrected chi connectivity index (χ3v) is 8.09. The number of hydrogen-bond donors (Lipinski definition) is 1. The highest BCUT2D eigenvalue weighted by Crippen LogP contribution is 2.31. The summed E-state index contributed by atoms with van der Waals surface area (Å²) in [6, 6.07) is 11.1. The Morgan fingerprint density at radius 2 is 1.74 bits per heavy atom. The van der Waals surface area contributed by atoms with E-state index in [1.54, 1.807) is 44.2 Å². The van der Waals surface area contributed by atoms with Crippen molar-refractivity contribution in [2.45, 2.75) is 25.7 Å². The minimum Gasteiger partial charge on any atom is -0.367 e. The number of carbonyl (C=O) groups excluding carboxylic acids is 1. The average molecular weight is 489 g/mol. The SMILES string of the molecule is CCN1CCN(c2ccc(S(=O)(=O)N(CC)CC)cc2NC(=O)/C=C/c2ccccc2F)CC1. The van der Waals surface area contributed by atoms with Crippen LogP contribution in [0.5, 0.6) is 0 Å². The molecule has 34 heavy (non-hydrogen) atoms. The number of amides is 1. The second kappa shape index (κ2) is 11.6. The molecule has 184 valence electrons. The summed E-state index contributed by atoms with van der Waals surface area (Å²) in [5.41, 5.74) is 1.48. The van der Waals surface area contributed by atoms with E-state index in [1.165, 1.54) is 28.6 Å². The number of anilines is 2. The number of nitrogens with zero attached hydrogens (tertiary/aromatic N) is 3. The third kappa shape index (κ3) is 6.02. The summed E-state index contributed by atoms with van der Waals surface area (Å²) in [7, 11) is -3.69. The van der Waals surface area contributed by atoms with Crippen molar-refractivity contribution >= 4 is 33.4 Å². The fourth-order valence-electron chi connectivity index (χ4n) is 4.02. The molecule has 0 aliphatic carbocycles. The molecule has 0 unspecified atom stereocenters. The lowest BCUT2D eigenvalue weighted by Crippen LogP contribution is -2.46. The van der Waals surface area contributed by atoms with E-state index >= 15 is 0 Å². The second-order valence-corrected chi connectivity index (χ2v) is 9.97. The normalized spacial score (nSPS) is 15.3. The summed E-state index contributed by atoms with van der Waals surface area (Å²) in [4.78, 5) is 17.3. The fraction of sp³-hybridized carbons (Fsp3) is 0.400. The van der Waals surface area contributed by atoms with Gasteiger partial charge in [-0.05, 0) is 36.9 Å². The molecule has 1 saturated heterocycles. The highest BCUT2D eigenvalue weighted by molar-refractivity contribution is 7.89. The van der Waals surface area contributed by atoms with Crippen molar-refractivity contribution in [2.75, 3.05) is 56.0 Å². The monoisotopic (exact) mass is 488 g/mol. The summed E-state index contributed by atoms with van der Waals surface area (Å²) < 4.78 is 41.5. The highest BCUT2D eigenvalue weighted by atomic mass is 32.2. The summed E-state index contributed by atoms with van der Waals surface area (Å²) in [6.07, 6.45) is 2.66. The summed E-state index contributed by atoms with van der Waals surface area (Å²) >= 11 is 0. The van der Waals surface area contributed by atoms with Crippen molar-refractivity contribution in [2.24, 2.45) is 0 Å². The first-order valence-electron chi connectivity index (χ1n) is 11.6. The van der Waals surface area contributed by atoms with Gasteiger partial charge in [0, 0.05) is 50.9 Å². The Morgan fingerprint density at radius 3 is 2.35 bits per heavy atom. The van der Waals surface area contributed by atoms with Crippen molar-refractivity contribution in [3.63, 3.8) is 0 Å². The number of likely N-dealkylation sites (N-methyl/N-ethyl adjacent to an activating group) is 1. The molecule has 0 bridgehead atoms. The third-order valence-electron chi connectivity index (χ3n) is 6.05. The molecule has 2 aromatic rings. The van der Waals surface area contributed by atoms with E-state index in [0.717, 1.165) is 38.4 Å². The quantitative estimate of drug-likeness (QED) is 0.546. The summed E-state index contributed by atoms with van der Waals surface area (Å²) in [6.45, 7) is 10.7. The molecule has 7 nitrogen and oxygen atoms in total. The zero-order chi connectivity index (χ0) is 24.7. The molecule has 2 aromatic carbocycles. The molecule has 0 spiro atoms. The zero-order valence-electron chi connectivity index (χ0n) is 20.0. The number of halogens is 1. The lowest BCUT2D eigenvalue weighted by atomic mass is 10.2. The van der Waals surface area contributed by atoms with Gasteiger partial charge in [0.1, 0.15) is 5.82 Å². The van der Waals surface area contributed by atoms with Crippen molar-refractivity contribution in [1.82, 2.24) is 9.21 Å². The van der Waals surface area contributed by atoms with Gasteiger partial charge in [0.05, 0.1) is 16.3 Å². The van der Waals surface area contributed by atoms with Gasteiger partial charge in [-0.25, -0.2) is 12.8 Å². The van der Waals surface area contributed by atoms with Gasteiger partial charge in [0.15, 0.2) is 0 Å². The van der Waals surface area contributed by atoms with Crippen LogP contribution in [0, 0.1) is 5.82 Å². The van der Waals surface area contributed by atoms with Gasteiger partial charge in [-0.1, -0.05) is 39.0 Å². The van der Waals surface area contributed by atoms with Crippen molar-refractivity contribution in [1.29, 1.82) is 0 Å². The van der Waals surface area contributed by atoms with Crippen LogP contribution >= 0.6 is 0 Å². The topological polar surface area (TPSA) is 73.0 Å². The fourth-order valence-corrected chi connectivity index (χ4v) is 5.50. The number of carbonyl (C=O) groups is 1. The second-order valence-electron chi connectivity index (χ2n) is 8.03. The van der Waals surface area contributed by atoms with Gasteiger partial charge in [-0.2, -0.15) is 4.31 Å². The molecule has 1 aliphatic heterocycles. The Bertz CT molecular complexity index is 1120. The van der Waals surface area contributed by atoms with E-state index < -0.39 is 21.7 Å². The van der Waals surface area contributed by atoms with Gasteiger partial charge in [0.25, 0.3) is 0 Å². The van der Waals surface area contributed by atoms with Crippen LogP contribution in [0.2, 0.25) is 0 Å². The number of rotatable bonds is 9. The molecule has 0 atom stereocenters. The minimum absolute atomic E-state index is 0.125. The first-order valence-corrected chi connectivity index (χ1v) is 13.1. The van der Waals surface area contributed by atoms with Crippen LogP contribution in [0.1, 0.15) is 26.3 Å². The Kier molecular flexibility index (Phi) is 8.82. The van der Waals surface area contributed by atoms with Crippen LogP contribution in [0.3, 0.4) is 0 Å². The molecule has 1 heterocycles. The first-order chi connectivity index (χ1) is 16.3. The highest BCUT2D eigenvalue weighted by Gasteiger charge is 2.25. The number of piperazine rings is 1. The molecular formula is C25H33FN4O3S. The molecule has 1 amide bonds. The Balaban J connectivity index is 1.92. The van der Waals surface area contributed by atoms with E-state index in [4.69, 9.17) is 0 Å². The Labute approximate surface area is 201 Å².